The van der Waals surface area contributed by atoms with Crippen LogP contribution in [0.1, 0.15) is 13.8 Å². The Morgan fingerprint density at radius 2 is 1.82 bits per heavy atom. The van der Waals surface area contributed by atoms with Gasteiger partial charge in [-0.1, -0.05) is 34.8 Å². The number of amides is 1. The SMILES string of the molecule is CN(CC1N(I)c2cc(Cl)c(Cl)cc2N1CC(C)(C)O)C(=O)Cn1c(=O)oc2ccc(Cl)cc21. The number of fused-ring (bicyclic) bond motifs is 2. The van der Waals surface area contributed by atoms with Crippen molar-refractivity contribution in [2.24, 2.45) is 0 Å². The summed E-state index contributed by atoms with van der Waals surface area (Å²) < 4.78 is 8.45. The van der Waals surface area contributed by atoms with Crippen LogP contribution in [0.15, 0.2) is 39.5 Å². The van der Waals surface area contributed by atoms with Crippen LogP contribution in [-0.4, -0.2) is 52.4 Å². The Morgan fingerprint density at radius 3 is 2.47 bits per heavy atom. The highest BCUT2D eigenvalue weighted by Gasteiger charge is 2.39. The molecule has 0 radical (unpaired) electrons. The van der Waals surface area contributed by atoms with Crippen molar-refractivity contribution in [2.75, 3.05) is 28.2 Å². The van der Waals surface area contributed by atoms with Crippen LogP contribution in [0.4, 0.5) is 11.4 Å². The van der Waals surface area contributed by atoms with Crippen LogP contribution in [0.3, 0.4) is 0 Å². The van der Waals surface area contributed by atoms with Gasteiger partial charge in [-0.15, -0.1) is 0 Å². The maximum Gasteiger partial charge on any atom is 0.420 e. The second-order valence-corrected chi connectivity index (χ2v) is 11.1. The molecule has 4 rings (SSSR count). The van der Waals surface area contributed by atoms with E-state index in [2.05, 4.69) is 22.9 Å². The van der Waals surface area contributed by atoms with E-state index in [9.17, 15) is 14.7 Å². The van der Waals surface area contributed by atoms with E-state index in [1.807, 2.05) is 8.01 Å². The Kier molecular flexibility index (Phi) is 7.05. The van der Waals surface area contributed by atoms with Gasteiger partial charge in [0, 0.05) is 18.6 Å². The second kappa shape index (κ2) is 9.42. The van der Waals surface area contributed by atoms with Crippen LogP contribution >= 0.6 is 57.7 Å². The number of hydrogen-bond acceptors (Lipinski definition) is 6. The van der Waals surface area contributed by atoms with Gasteiger partial charge in [0.15, 0.2) is 5.58 Å². The smallest absolute Gasteiger partial charge is 0.408 e. The number of aromatic nitrogens is 1. The molecule has 0 bridgehead atoms. The maximum absolute atomic E-state index is 13.1. The van der Waals surface area contributed by atoms with E-state index >= 15 is 0 Å². The predicted molar refractivity (Wildman–Crippen MR) is 144 cm³/mol. The van der Waals surface area contributed by atoms with Crippen molar-refractivity contribution in [3.05, 3.63) is 56.0 Å². The summed E-state index contributed by atoms with van der Waals surface area (Å²) in [5.41, 5.74) is 1.45. The number of rotatable bonds is 6. The van der Waals surface area contributed by atoms with Gasteiger partial charge in [0.1, 0.15) is 12.7 Å². The third-order valence-electron chi connectivity index (χ3n) is 5.52. The highest BCUT2D eigenvalue weighted by Crippen LogP contribution is 2.46. The first-order valence-electron chi connectivity index (χ1n) is 10.3. The average Bonchev–Trinajstić information content (AvgIpc) is 3.16. The molecule has 182 valence electrons. The maximum atomic E-state index is 13.1. The molecular weight excluding hydrogens is 618 g/mol. The van der Waals surface area contributed by atoms with Crippen molar-refractivity contribution in [3.63, 3.8) is 0 Å². The van der Waals surface area contributed by atoms with E-state index in [0.29, 0.717) is 32.7 Å². The molecule has 1 aliphatic rings. The third-order valence-corrected chi connectivity index (χ3v) is 7.64. The van der Waals surface area contributed by atoms with Crippen molar-refractivity contribution in [2.45, 2.75) is 32.2 Å². The highest BCUT2D eigenvalue weighted by atomic mass is 127. The number of benzene rings is 2. The third kappa shape index (κ3) is 4.99. The lowest BCUT2D eigenvalue weighted by atomic mass is 10.1. The summed E-state index contributed by atoms with van der Waals surface area (Å²) in [6, 6.07) is 8.34. The van der Waals surface area contributed by atoms with Crippen molar-refractivity contribution < 1.29 is 14.3 Å². The summed E-state index contributed by atoms with van der Waals surface area (Å²) in [4.78, 5) is 29.0. The van der Waals surface area contributed by atoms with Gasteiger partial charge in [-0.25, -0.2) is 4.79 Å². The Hall–Kier alpha value is -1.66. The van der Waals surface area contributed by atoms with Crippen LogP contribution < -0.4 is 13.8 Å². The molecule has 0 fully saturated rings. The summed E-state index contributed by atoms with van der Waals surface area (Å²) in [6.07, 6.45) is -0.308. The molecule has 1 aromatic heterocycles. The van der Waals surface area contributed by atoms with Gasteiger partial charge < -0.3 is 19.3 Å². The quantitative estimate of drug-likeness (QED) is 0.309. The topological polar surface area (TPSA) is 82.2 Å². The minimum Gasteiger partial charge on any atom is -0.408 e. The van der Waals surface area contributed by atoms with Crippen LogP contribution in [0.5, 0.6) is 0 Å². The molecule has 0 aliphatic carbocycles. The van der Waals surface area contributed by atoms with Gasteiger partial charge in [-0.2, -0.15) is 0 Å². The average molecular weight is 640 g/mol. The van der Waals surface area contributed by atoms with Crippen LogP contribution in [0.25, 0.3) is 11.1 Å². The van der Waals surface area contributed by atoms with E-state index in [1.54, 1.807) is 56.1 Å². The second-order valence-electron chi connectivity index (χ2n) is 8.83. The van der Waals surface area contributed by atoms with Gasteiger partial charge in [0.25, 0.3) is 0 Å². The van der Waals surface area contributed by atoms with E-state index in [-0.39, 0.29) is 25.2 Å². The molecule has 2 heterocycles. The largest absolute Gasteiger partial charge is 0.420 e. The van der Waals surface area contributed by atoms with Crippen molar-refractivity contribution >= 4 is 86.0 Å². The molecular formula is C22H22Cl3IN4O4. The number of β-amino-alcohol motifs (C(OH)–C–C–N with tert-alkyl or cyclic N) is 1. The fourth-order valence-electron chi connectivity index (χ4n) is 3.94. The normalized spacial score (nSPS) is 15.8. The lowest BCUT2D eigenvalue weighted by molar-refractivity contribution is -0.130. The Balaban J connectivity index is 1.59. The first kappa shape index (κ1) is 25.4. The Morgan fingerprint density at radius 1 is 1.18 bits per heavy atom. The van der Waals surface area contributed by atoms with E-state index < -0.39 is 11.4 Å². The summed E-state index contributed by atoms with van der Waals surface area (Å²) in [5, 5.41) is 11.8. The Labute approximate surface area is 225 Å². The number of anilines is 2. The first-order chi connectivity index (χ1) is 15.9. The van der Waals surface area contributed by atoms with Gasteiger partial charge in [0.05, 0.1) is 61.9 Å². The predicted octanol–water partition coefficient (Wildman–Crippen LogP) is 4.79. The van der Waals surface area contributed by atoms with Crippen molar-refractivity contribution in [1.82, 2.24) is 9.47 Å². The molecule has 12 heteroatoms. The van der Waals surface area contributed by atoms with E-state index in [4.69, 9.17) is 39.2 Å². The number of nitrogens with zero attached hydrogens (tertiary/aromatic N) is 4. The number of hydrogen-bond donors (Lipinski definition) is 1. The van der Waals surface area contributed by atoms with E-state index in [0.717, 1.165) is 11.4 Å². The molecule has 1 N–H and O–H groups in total. The van der Waals surface area contributed by atoms with Crippen molar-refractivity contribution in [1.29, 1.82) is 0 Å². The minimum atomic E-state index is -1.01. The number of carbonyl (C=O) groups is 1. The van der Waals surface area contributed by atoms with Crippen LogP contribution in [-0.2, 0) is 11.3 Å². The highest BCUT2D eigenvalue weighted by molar-refractivity contribution is 14.1. The molecule has 1 aliphatic heterocycles. The van der Waals surface area contributed by atoms with Crippen LogP contribution in [0.2, 0.25) is 15.1 Å². The standard InChI is InChI=1S/C22H22Cl3IN4O4/c1-22(2,33)11-29-15-7-13(24)14(25)8-16(15)30(26)19(29)9-27(3)20(31)10-28-17-6-12(23)4-5-18(17)34-21(28)32/h4-8,19,33H,9-11H2,1-3H3. The summed E-state index contributed by atoms with van der Waals surface area (Å²) >= 11 is 20.8. The minimum absolute atomic E-state index is 0.202. The molecule has 1 atom stereocenters. The lowest BCUT2D eigenvalue weighted by Gasteiger charge is -2.36. The Bertz CT molecular complexity index is 1320. The fraction of sp³-hybridized carbons (Fsp3) is 0.364. The zero-order chi connectivity index (χ0) is 24.9. The number of carbonyl (C=O) groups excluding carboxylic acids is 1. The van der Waals surface area contributed by atoms with E-state index in [1.165, 1.54) is 4.57 Å². The lowest BCUT2D eigenvalue weighted by Crippen LogP contribution is -2.52. The first-order valence-corrected chi connectivity index (χ1v) is 12.4. The summed E-state index contributed by atoms with van der Waals surface area (Å²) in [5.74, 6) is -0.916. The van der Waals surface area contributed by atoms with Crippen molar-refractivity contribution in [3.8, 4) is 0 Å². The van der Waals surface area contributed by atoms with Gasteiger partial charge in [-0.3, -0.25) is 12.5 Å². The molecule has 8 nitrogen and oxygen atoms in total. The van der Waals surface area contributed by atoms with Gasteiger partial charge in [0.2, 0.25) is 5.91 Å². The van der Waals surface area contributed by atoms with Crippen LogP contribution in [0, 0.1) is 0 Å². The monoisotopic (exact) mass is 638 g/mol. The molecule has 2 aromatic carbocycles. The van der Waals surface area contributed by atoms with Gasteiger partial charge >= 0.3 is 5.76 Å². The van der Waals surface area contributed by atoms with Gasteiger partial charge in [-0.05, 0) is 44.2 Å². The molecule has 0 spiro atoms. The molecule has 3 aromatic rings. The number of oxazole rings is 1. The summed E-state index contributed by atoms with van der Waals surface area (Å²) in [7, 11) is 1.66. The molecule has 0 saturated carbocycles. The number of aliphatic hydroxyl groups is 1. The molecule has 0 saturated heterocycles. The molecule has 34 heavy (non-hydrogen) atoms. The zero-order valence-corrected chi connectivity index (χ0v) is 23.0. The number of halogens is 4. The summed E-state index contributed by atoms with van der Waals surface area (Å²) in [6.45, 7) is 3.81. The number of likely N-dealkylation sites (N-methyl/N-ethyl adjacent to an activating group) is 1. The molecule has 1 amide bonds. The fourth-order valence-corrected chi connectivity index (χ4v) is 5.28. The zero-order valence-electron chi connectivity index (χ0n) is 18.6. The molecule has 1 unspecified atom stereocenters.